The summed E-state index contributed by atoms with van der Waals surface area (Å²) in [7, 11) is 0. The van der Waals surface area contributed by atoms with E-state index < -0.39 is 0 Å². The third-order valence-electron chi connectivity index (χ3n) is 9.71. The number of nitrogens with zero attached hydrogens (tertiary/aromatic N) is 2. The zero-order chi connectivity index (χ0) is 32.3. The topological polar surface area (TPSA) is 38.9 Å². The van der Waals surface area contributed by atoms with Crippen LogP contribution in [0.15, 0.2) is 174 Å². The summed E-state index contributed by atoms with van der Waals surface area (Å²) in [6, 6.07) is 57.8. The van der Waals surface area contributed by atoms with Gasteiger partial charge in [0.05, 0.1) is 22.9 Å². The first-order chi connectivity index (χ1) is 24.3. The molecule has 0 saturated heterocycles. The molecule has 0 unspecified atom stereocenters. The van der Waals surface area contributed by atoms with E-state index in [9.17, 15) is 0 Å². The smallest absolute Gasteiger partial charge is 0.135 e. The number of rotatable bonds is 4. The maximum Gasteiger partial charge on any atom is 0.135 e. The number of hydrogen-bond donors (Lipinski definition) is 0. The van der Waals surface area contributed by atoms with Gasteiger partial charge in [-0.05, 0) is 74.5 Å². The van der Waals surface area contributed by atoms with E-state index in [4.69, 9.17) is 14.4 Å². The predicted molar refractivity (Wildman–Crippen MR) is 204 cm³/mol. The quantitative estimate of drug-likeness (QED) is 0.183. The van der Waals surface area contributed by atoms with Crippen LogP contribution in [0.25, 0.3) is 99.2 Å². The van der Waals surface area contributed by atoms with Gasteiger partial charge in [0.2, 0.25) is 0 Å². The van der Waals surface area contributed by atoms with Crippen molar-refractivity contribution in [1.82, 2.24) is 9.97 Å². The summed E-state index contributed by atoms with van der Waals surface area (Å²) in [5.74, 6) is 0. The van der Waals surface area contributed by atoms with E-state index in [0.29, 0.717) is 0 Å². The molecule has 0 spiro atoms. The number of hydrogen-bond acceptors (Lipinski definition) is 3. The van der Waals surface area contributed by atoms with Crippen molar-refractivity contribution in [3.8, 4) is 44.6 Å². The summed E-state index contributed by atoms with van der Waals surface area (Å²) in [5.41, 5.74) is 12.6. The molecule has 0 fully saturated rings. The standard InChI is InChI=1S/C46H28N2O/c1-3-16-39-36(13-1)37-14-2-4-17-40(37)46-45(39)47-28-42(48-46)35-12-8-10-32(26-35)30-21-19-29(20-22-30)31-9-7-11-33(25-31)34-23-24-44-41(27-34)38-15-5-6-18-43(38)49-44/h1-28H. The summed E-state index contributed by atoms with van der Waals surface area (Å²) < 4.78 is 6.06. The SMILES string of the molecule is c1cc(-c2ccc(-c3cccc(-c4cnc5c6ccccc6c6ccccc6c5n4)c3)cc2)cc(-c2ccc3oc4ccccc4c3c2)c1. The molecule has 0 bridgehead atoms. The summed E-state index contributed by atoms with van der Waals surface area (Å²) in [5, 5.41) is 6.93. The molecule has 0 aliphatic heterocycles. The second-order valence-electron chi connectivity index (χ2n) is 12.6. The Bertz CT molecular complexity index is 2850. The van der Waals surface area contributed by atoms with Crippen molar-refractivity contribution in [2.75, 3.05) is 0 Å². The highest BCUT2D eigenvalue weighted by atomic mass is 16.3. The van der Waals surface area contributed by atoms with Crippen LogP contribution >= 0.6 is 0 Å². The van der Waals surface area contributed by atoms with Crippen LogP contribution in [0.3, 0.4) is 0 Å². The summed E-state index contributed by atoms with van der Waals surface area (Å²) >= 11 is 0. The second-order valence-corrected chi connectivity index (χ2v) is 12.6. The third-order valence-corrected chi connectivity index (χ3v) is 9.71. The lowest BCUT2D eigenvalue weighted by Crippen LogP contribution is -1.92. The van der Waals surface area contributed by atoms with Crippen molar-refractivity contribution in [3.05, 3.63) is 170 Å². The Morgan fingerprint density at radius 3 is 1.51 bits per heavy atom. The zero-order valence-corrected chi connectivity index (χ0v) is 26.5. The molecular formula is C46H28N2O. The van der Waals surface area contributed by atoms with Crippen LogP contribution in [-0.2, 0) is 0 Å². The Kier molecular flexibility index (Phi) is 6.18. The van der Waals surface area contributed by atoms with Crippen LogP contribution in [0.2, 0.25) is 0 Å². The first kappa shape index (κ1) is 27.5. The van der Waals surface area contributed by atoms with Gasteiger partial charge < -0.3 is 4.42 Å². The molecule has 8 aromatic carbocycles. The van der Waals surface area contributed by atoms with Crippen LogP contribution in [0.4, 0.5) is 0 Å². The third kappa shape index (κ3) is 4.59. The van der Waals surface area contributed by atoms with E-state index in [-0.39, 0.29) is 0 Å². The fraction of sp³-hybridized carbons (Fsp3) is 0. The van der Waals surface area contributed by atoms with Gasteiger partial charge in [0.25, 0.3) is 0 Å². The maximum atomic E-state index is 6.06. The minimum Gasteiger partial charge on any atom is -0.456 e. The van der Waals surface area contributed by atoms with Crippen LogP contribution in [0, 0.1) is 0 Å². The second kappa shape index (κ2) is 11.0. The van der Waals surface area contributed by atoms with Gasteiger partial charge in [-0.25, -0.2) is 4.98 Å². The lowest BCUT2D eigenvalue weighted by molar-refractivity contribution is 0.669. The van der Waals surface area contributed by atoms with E-state index in [1.165, 1.54) is 33.0 Å². The molecule has 10 rings (SSSR count). The lowest BCUT2D eigenvalue weighted by atomic mass is 9.96. The van der Waals surface area contributed by atoms with Crippen LogP contribution < -0.4 is 0 Å². The number of furan rings is 1. The Morgan fingerprint density at radius 2 is 0.816 bits per heavy atom. The maximum absolute atomic E-state index is 6.06. The normalized spacial score (nSPS) is 11.7. The summed E-state index contributed by atoms with van der Waals surface area (Å²) in [6.45, 7) is 0. The highest BCUT2D eigenvalue weighted by Gasteiger charge is 2.13. The van der Waals surface area contributed by atoms with Gasteiger partial charge >= 0.3 is 0 Å². The average Bonchev–Trinajstić information content (AvgIpc) is 3.56. The molecule has 0 saturated carbocycles. The molecule has 10 aromatic rings. The monoisotopic (exact) mass is 624 g/mol. The highest BCUT2D eigenvalue weighted by Crippen LogP contribution is 2.36. The molecule has 0 atom stereocenters. The molecule has 3 heteroatoms. The zero-order valence-electron chi connectivity index (χ0n) is 26.5. The molecule has 228 valence electrons. The average molecular weight is 625 g/mol. The fourth-order valence-electron chi connectivity index (χ4n) is 7.26. The van der Waals surface area contributed by atoms with E-state index >= 15 is 0 Å². The van der Waals surface area contributed by atoms with Crippen molar-refractivity contribution in [2.45, 2.75) is 0 Å². The van der Waals surface area contributed by atoms with Gasteiger partial charge in [-0.15, -0.1) is 0 Å². The Labute approximate surface area is 282 Å². The van der Waals surface area contributed by atoms with Gasteiger partial charge in [-0.1, -0.05) is 133 Å². The van der Waals surface area contributed by atoms with Crippen molar-refractivity contribution >= 4 is 54.5 Å². The lowest BCUT2D eigenvalue weighted by Gasteiger charge is -2.11. The van der Waals surface area contributed by atoms with Crippen molar-refractivity contribution in [1.29, 1.82) is 0 Å². The summed E-state index contributed by atoms with van der Waals surface area (Å²) in [6.07, 6.45) is 1.91. The van der Waals surface area contributed by atoms with Crippen LogP contribution in [0.5, 0.6) is 0 Å². The molecule has 0 radical (unpaired) electrons. The summed E-state index contributed by atoms with van der Waals surface area (Å²) in [4.78, 5) is 10.2. The molecule has 0 aliphatic carbocycles. The highest BCUT2D eigenvalue weighted by molar-refractivity contribution is 6.23. The van der Waals surface area contributed by atoms with E-state index in [1.807, 2.05) is 18.3 Å². The number of para-hydroxylation sites is 1. The van der Waals surface area contributed by atoms with Crippen LogP contribution in [-0.4, -0.2) is 9.97 Å². The van der Waals surface area contributed by atoms with Gasteiger partial charge in [0.1, 0.15) is 11.2 Å². The number of fused-ring (bicyclic) bond motifs is 9. The number of aromatic nitrogens is 2. The van der Waals surface area contributed by atoms with E-state index in [1.54, 1.807) is 0 Å². The van der Waals surface area contributed by atoms with Gasteiger partial charge in [0, 0.05) is 27.1 Å². The molecule has 3 nitrogen and oxygen atoms in total. The number of benzene rings is 8. The first-order valence-corrected chi connectivity index (χ1v) is 16.6. The molecular weight excluding hydrogens is 597 g/mol. The predicted octanol–water partition coefficient (Wildman–Crippen LogP) is 12.5. The van der Waals surface area contributed by atoms with Crippen molar-refractivity contribution < 1.29 is 4.42 Å². The van der Waals surface area contributed by atoms with Crippen molar-refractivity contribution in [3.63, 3.8) is 0 Å². The van der Waals surface area contributed by atoms with Gasteiger partial charge in [-0.3, -0.25) is 4.98 Å². The fourth-order valence-corrected chi connectivity index (χ4v) is 7.26. The molecule has 0 aliphatic rings. The minimum absolute atomic E-state index is 0.866. The van der Waals surface area contributed by atoms with Gasteiger partial charge in [-0.2, -0.15) is 0 Å². The van der Waals surface area contributed by atoms with Crippen molar-refractivity contribution in [2.24, 2.45) is 0 Å². The molecule has 49 heavy (non-hydrogen) atoms. The Hall–Kier alpha value is -6.58. The molecule has 0 N–H and O–H groups in total. The molecule has 2 aromatic heterocycles. The Balaban J connectivity index is 0.980. The molecule has 2 heterocycles. The van der Waals surface area contributed by atoms with E-state index in [0.717, 1.165) is 66.1 Å². The minimum atomic E-state index is 0.866. The first-order valence-electron chi connectivity index (χ1n) is 16.6. The van der Waals surface area contributed by atoms with E-state index in [2.05, 4.69) is 152 Å². The molecule has 0 amide bonds. The van der Waals surface area contributed by atoms with Gasteiger partial charge in [0.15, 0.2) is 0 Å². The van der Waals surface area contributed by atoms with Crippen LogP contribution in [0.1, 0.15) is 0 Å². The Morgan fingerprint density at radius 1 is 0.327 bits per heavy atom. The largest absolute Gasteiger partial charge is 0.456 e.